The average Bonchev–Trinajstić information content (AvgIpc) is 3.19. The van der Waals surface area contributed by atoms with E-state index < -0.39 is 4.92 Å². The highest BCUT2D eigenvalue weighted by Crippen LogP contribution is 2.36. The lowest BCUT2D eigenvalue weighted by atomic mass is 10.0. The molecule has 4 rings (SSSR count). The highest BCUT2D eigenvalue weighted by atomic mass is 16.6. The van der Waals surface area contributed by atoms with E-state index in [2.05, 4.69) is 0 Å². The van der Waals surface area contributed by atoms with Crippen LogP contribution < -0.4 is 4.90 Å². The molecule has 0 bridgehead atoms. The maximum absolute atomic E-state index is 13.2. The molecule has 132 valence electrons. The monoisotopic (exact) mass is 350 g/mol. The second kappa shape index (κ2) is 5.69. The third-order valence-corrected chi connectivity index (χ3v) is 5.10. The van der Waals surface area contributed by atoms with E-state index in [-0.39, 0.29) is 11.6 Å². The summed E-state index contributed by atoms with van der Waals surface area (Å²) in [4.78, 5) is 25.4. The third kappa shape index (κ3) is 2.29. The first kappa shape index (κ1) is 16.3. The van der Waals surface area contributed by atoms with Crippen LogP contribution in [-0.4, -0.2) is 17.4 Å². The number of rotatable bonds is 2. The van der Waals surface area contributed by atoms with Gasteiger partial charge in [-0.05, 0) is 43.9 Å². The van der Waals surface area contributed by atoms with E-state index in [1.165, 1.54) is 12.1 Å². The van der Waals surface area contributed by atoms with Crippen LogP contribution in [-0.2, 0) is 6.42 Å². The molecular formula is C20H18N2O4. The number of nitrogens with zero attached hydrogens (tertiary/aromatic N) is 2. The molecule has 0 saturated heterocycles. The van der Waals surface area contributed by atoms with E-state index in [9.17, 15) is 14.9 Å². The number of furan rings is 1. The van der Waals surface area contributed by atoms with Crippen LogP contribution >= 0.6 is 0 Å². The van der Waals surface area contributed by atoms with Gasteiger partial charge in [0.25, 0.3) is 11.6 Å². The van der Waals surface area contributed by atoms with Gasteiger partial charge < -0.3 is 9.32 Å². The highest BCUT2D eigenvalue weighted by Gasteiger charge is 2.31. The lowest BCUT2D eigenvalue weighted by Gasteiger charge is -2.16. The van der Waals surface area contributed by atoms with Gasteiger partial charge in [0.2, 0.25) is 0 Å². The van der Waals surface area contributed by atoms with Gasteiger partial charge in [0.05, 0.1) is 10.6 Å². The standard InChI is InChI=1S/C20H18N2O4/c1-11-4-5-12(2)18-17(11)13(3)19(26-18)20(23)21-9-8-14-6-7-15(22(24)25)10-16(14)21/h4-7,10H,8-9H2,1-3H3. The summed E-state index contributed by atoms with van der Waals surface area (Å²) >= 11 is 0. The summed E-state index contributed by atoms with van der Waals surface area (Å²) in [6, 6.07) is 8.66. The first-order valence-corrected chi connectivity index (χ1v) is 8.47. The predicted octanol–water partition coefficient (Wildman–Crippen LogP) is 4.47. The summed E-state index contributed by atoms with van der Waals surface area (Å²) in [6.45, 7) is 6.32. The molecule has 0 N–H and O–H groups in total. The van der Waals surface area contributed by atoms with Crippen LogP contribution in [0.2, 0.25) is 0 Å². The number of hydrogen-bond donors (Lipinski definition) is 0. The van der Waals surface area contributed by atoms with Crippen LogP contribution in [0.15, 0.2) is 34.7 Å². The summed E-state index contributed by atoms with van der Waals surface area (Å²) in [5.41, 5.74) is 5.09. The van der Waals surface area contributed by atoms with Crippen LogP contribution in [0.4, 0.5) is 11.4 Å². The molecule has 2 heterocycles. The van der Waals surface area contributed by atoms with Crippen molar-refractivity contribution in [3.8, 4) is 0 Å². The molecule has 6 heteroatoms. The van der Waals surface area contributed by atoms with Crippen LogP contribution in [0.3, 0.4) is 0 Å². The number of aryl methyl sites for hydroxylation is 3. The first-order chi connectivity index (χ1) is 12.4. The second-order valence-corrected chi connectivity index (χ2v) is 6.74. The van der Waals surface area contributed by atoms with Crippen molar-refractivity contribution in [1.29, 1.82) is 0 Å². The number of nitro groups is 1. The van der Waals surface area contributed by atoms with Gasteiger partial charge in [-0.1, -0.05) is 18.2 Å². The zero-order valence-electron chi connectivity index (χ0n) is 14.8. The van der Waals surface area contributed by atoms with E-state index in [4.69, 9.17) is 4.42 Å². The molecule has 26 heavy (non-hydrogen) atoms. The fraction of sp³-hybridized carbons (Fsp3) is 0.250. The molecule has 0 aliphatic carbocycles. The van der Waals surface area contributed by atoms with E-state index >= 15 is 0 Å². The lowest BCUT2D eigenvalue weighted by Crippen LogP contribution is -2.29. The molecule has 1 amide bonds. The molecule has 1 aromatic heterocycles. The molecule has 0 atom stereocenters. The molecule has 1 aliphatic heterocycles. The molecule has 6 nitrogen and oxygen atoms in total. The molecule has 0 spiro atoms. The van der Waals surface area contributed by atoms with Crippen molar-refractivity contribution >= 4 is 28.3 Å². The number of fused-ring (bicyclic) bond motifs is 2. The van der Waals surface area contributed by atoms with Gasteiger partial charge in [-0.2, -0.15) is 0 Å². The van der Waals surface area contributed by atoms with Crippen LogP contribution in [0.5, 0.6) is 0 Å². The van der Waals surface area contributed by atoms with Gasteiger partial charge in [-0.15, -0.1) is 0 Å². The van der Waals surface area contributed by atoms with Crippen molar-refractivity contribution in [3.05, 3.63) is 68.5 Å². The molecule has 3 aromatic rings. The van der Waals surface area contributed by atoms with Gasteiger partial charge >= 0.3 is 0 Å². The first-order valence-electron chi connectivity index (χ1n) is 8.47. The molecule has 2 aromatic carbocycles. The topological polar surface area (TPSA) is 76.6 Å². The van der Waals surface area contributed by atoms with Crippen molar-refractivity contribution in [2.24, 2.45) is 0 Å². The van der Waals surface area contributed by atoms with Crippen molar-refractivity contribution < 1.29 is 14.1 Å². The number of non-ortho nitro benzene ring substituents is 1. The Labute approximate surface area is 150 Å². The van der Waals surface area contributed by atoms with E-state index in [1.54, 1.807) is 11.0 Å². The number of amides is 1. The Hall–Kier alpha value is -3.15. The maximum atomic E-state index is 13.2. The maximum Gasteiger partial charge on any atom is 0.294 e. The van der Waals surface area contributed by atoms with Crippen LogP contribution in [0.25, 0.3) is 11.0 Å². The highest BCUT2D eigenvalue weighted by molar-refractivity contribution is 6.09. The number of hydrogen-bond acceptors (Lipinski definition) is 4. The Kier molecular flexibility index (Phi) is 3.57. The molecular weight excluding hydrogens is 332 g/mol. The van der Waals surface area contributed by atoms with E-state index in [0.29, 0.717) is 24.4 Å². The van der Waals surface area contributed by atoms with Gasteiger partial charge in [0.1, 0.15) is 5.58 Å². The van der Waals surface area contributed by atoms with Crippen molar-refractivity contribution in [2.45, 2.75) is 27.2 Å². The minimum Gasteiger partial charge on any atom is -0.450 e. The van der Waals surface area contributed by atoms with Gasteiger partial charge in [-0.25, -0.2) is 0 Å². The zero-order chi connectivity index (χ0) is 18.6. The lowest BCUT2D eigenvalue weighted by molar-refractivity contribution is -0.384. The molecule has 0 fully saturated rings. The number of carbonyl (C=O) groups excluding carboxylic acids is 1. The summed E-state index contributed by atoms with van der Waals surface area (Å²) in [6.07, 6.45) is 0.677. The van der Waals surface area contributed by atoms with Crippen LogP contribution in [0, 0.1) is 30.9 Å². The molecule has 0 unspecified atom stereocenters. The van der Waals surface area contributed by atoms with Crippen molar-refractivity contribution in [2.75, 3.05) is 11.4 Å². The Bertz CT molecular complexity index is 1080. The van der Waals surface area contributed by atoms with Gasteiger partial charge in [0, 0.05) is 29.6 Å². The fourth-order valence-electron chi connectivity index (χ4n) is 3.69. The number of benzene rings is 2. The van der Waals surface area contributed by atoms with E-state index in [0.717, 1.165) is 33.2 Å². The Balaban J connectivity index is 1.82. The van der Waals surface area contributed by atoms with Crippen LogP contribution in [0.1, 0.15) is 32.8 Å². The molecule has 0 radical (unpaired) electrons. The molecule has 1 aliphatic rings. The quantitative estimate of drug-likeness (QED) is 0.505. The average molecular weight is 350 g/mol. The largest absolute Gasteiger partial charge is 0.450 e. The zero-order valence-corrected chi connectivity index (χ0v) is 14.8. The van der Waals surface area contributed by atoms with E-state index in [1.807, 2.05) is 32.9 Å². The summed E-state index contributed by atoms with van der Waals surface area (Å²) < 4.78 is 5.95. The second-order valence-electron chi connectivity index (χ2n) is 6.74. The summed E-state index contributed by atoms with van der Waals surface area (Å²) in [7, 11) is 0. The smallest absolute Gasteiger partial charge is 0.294 e. The number of carbonyl (C=O) groups is 1. The Morgan fingerprint density at radius 1 is 1.15 bits per heavy atom. The number of nitro benzene ring substituents is 1. The van der Waals surface area contributed by atoms with Gasteiger partial charge in [-0.3, -0.25) is 14.9 Å². The van der Waals surface area contributed by atoms with Crippen molar-refractivity contribution in [3.63, 3.8) is 0 Å². The minimum atomic E-state index is -0.444. The SMILES string of the molecule is Cc1ccc(C)c2c(C)c(C(=O)N3CCc4ccc([N+](=O)[O-])cc43)oc12. The van der Waals surface area contributed by atoms with Crippen molar-refractivity contribution in [1.82, 2.24) is 0 Å². The third-order valence-electron chi connectivity index (χ3n) is 5.10. The number of anilines is 1. The normalized spacial score (nSPS) is 13.3. The summed E-state index contributed by atoms with van der Waals surface area (Å²) in [5, 5.41) is 12.0. The minimum absolute atomic E-state index is 0.0172. The fourth-order valence-corrected chi connectivity index (χ4v) is 3.69. The summed E-state index contributed by atoms with van der Waals surface area (Å²) in [5.74, 6) is 0.0495. The predicted molar refractivity (Wildman–Crippen MR) is 98.9 cm³/mol. The Morgan fingerprint density at radius 3 is 2.58 bits per heavy atom. The van der Waals surface area contributed by atoms with Gasteiger partial charge in [0.15, 0.2) is 5.76 Å². The molecule has 0 saturated carbocycles. The Morgan fingerprint density at radius 2 is 1.88 bits per heavy atom.